The van der Waals surface area contributed by atoms with Crippen LogP contribution in [0.4, 0.5) is 5.95 Å². The molecule has 1 N–H and O–H groups in total. The number of likely N-dealkylation sites (N-methyl/N-ethyl adjacent to an activating group) is 1. The lowest BCUT2D eigenvalue weighted by Crippen LogP contribution is -2.40. The van der Waals surface area contributed by atoms with Gasteiger partial charge in [0.25, 0.3) is 5.91 Å². The van der Waals surface area contributed by atoms with Crippen molar-refractivity contribution in [3.8, 4) is 23.0 Å². The van der Waals surface area contributed by atoms with Gasteiger partial charge in [0.2, 0.25) is 11.7 Å². The van der Waals surface area contributed by atoms with E-state index in [2.05, 4.69) is 56.2 Å². The van der Waals surface area contributed by atoms with Crippen molar-refractivity contribution >= 4 is 22.9 Å². The monoisotopic (exact) mass is 692 g/mol. The number of methoxy groups -OCH3 is 4. The molecule has 1 unspecified atom stereocenters. The van der Waals surface area contributed by atoms with E-state index < -0.39 is 0 Å². The fourth-order valence-corrected chi connectivity index (χ4v) is 6.92. The number of pyridine rings is 1. The van der Waals surface area contributed by atoms with Gasteiger partial charge in [-0.2, -0.15) is 0 Å². The summed E-state index contributed by atoms with van der Waals surface area (Å²) in [6, 6.07) is 26.2. The second kappa shape index (κ2) is 16.6. The summed E-state index contributed by atoms with van der Waals surface area (Å²) in [7, 11) is 8.17. The van der Waals surface area contributed by atoms with E-state index in [0.717, 1.165) is 72.9 Å². The van der Waals surface area contributed by atoms with Crippen molar-refractivity contribution in [1.29, 1.82) is 0 Å². The predicted molar refractivity (Wildman–Crippen MR) is 200 cm³/mol. The van der Waals surface area contributed by atoms with E-state index >= 15 is 0 Å². The molecule has 51 heavy (non-hydrogen) atoms. The molecule has 0 saturated carbocycles. The lowest BCUT2D eigenvalue weighted by molar-refractivity contribution is 0.0781. The highest BCUT2D eigenvalue weighted by atomic mass is 16.5. The normalized spacial score (nSPS) is 14.2. The van der Waals surface area contributed by atoms with Gasteiger partial charge in [0.15, 0.2) is 11.5 Å². The Labute approximate surface area is 300 Å². The van der Waals surface area contributed by atoms with Gasteiger partial charge in [-0.15, -0.1) is 0 Å². The first-order valence-electron chi connectivity index (χ1n) is 17.4. The SMILES string of the molecule is COc1cccc(C(CCN2CCC(Nc3nc4ccccc4n3Cc3ccccn3)CC2)CN(C)C(=O)c2cc(OC)c(OC)c(OC)c2)c1. The minimum Gasteiger partial charge on any atom is -0.497 e. The van der Waals surface area contributed by atoms with E-state index in [0.29, 0.717) is 41.9 Å². The number of piperidine rings is 1. The lowest BCUT2D eigenvalue weighted by atomic mass is 9.93. The summed E-state index contributed by atoms with van der Waals surface area (Å²) in [4.78, 5) is 27.6. The van der Waals surface area contributed by atoms with E-state index in [-0.39, 0.29) is 11.8 Å². The third-order valence-electron chi connectivity index (χ3n) is 9.73. The van der Waals surface area contributed by atoms with E-state index in [1.54, 1.807) is 45.5 Å². The highest BCUT2D eigenvalue weighted by molar-refractivity contribution is 5.95. The molecule has 5 aromatic rings. The van der Waals surface area contributed by atoms with Crippen LogP contribution in [0.3, 0.4) is 0 Å². The first-order chi connectivity index (χ1) is 24.9. The molecule has 1 fully saturated rings. The van der Waals surface area contributed by atoms with Crippen molar-refractivity contribution in [3.63, 3.8) is 0 Å². The number of carbonyl (C=O) groups excluding carboxylic acids is 1. The number of nitrogens with zero attached hydrogens (tertiary/aromatic N) is 5. The predicted octanol–water partition coefficient (Wildman–Crippen LogP) is 6.34. The molecule has 6 rings (SSSR count). The number of hydrogen-bond acceptors (Lipinski definition) is 9. The van der Waals surface area contributed by atoms with Gasteiger partial charge in [-0.25, -0.2) is 4.98 Å². The Morgan fingerprint density at radius 3 is 2.33 bits per heavy atom. The number of carbonyl (C=O) groups is 1. The van der Waals surface area contributed by atoms with Crippen molar-refractivity contribution in [3.05, 3.63) is 102 Å². The lowest BCUT2D eigenvalue weighted by Gasteiger charge is -2.34. The zero-order valence-electron chi connectivity index (χ0n) is 30.2. The first-order valence-corrected chi connectivity index (χ1v) is 17.4. The minimum atomic E-state index is -0.122. The summed E-state index contributed by atoms with van der Waals surface area (Å²) in [6.45, 7) is 4.06. The van der Waals surface area contributed by atoms with Gasteiger partial charge in [0.05, 0.1) is 51.7 Å². The summed E-state index contributed by atoms with van der Waals surface area (Å²) in [5.41, 5.74) is 4.69. The first kappa shape index (κ1) is 35.5. The van der Waals surface area contributed by atoms with Crippen molar-refractivity contribution < 1.29 is 23.7 Å². The summed E-state index contributed by atoms with van der Waals surface area (Å²) in [6.07, 6.45) is 4.74. The van der Waals surface area contributed by atoms with Crippen LogP contribution in [0.5, 0.6) is 23.0 Å². The summed E-state index contributed by atoms with van der Waals surface area (Å²) >= 11 is 0. The molecule has 0 aliphatic carbocycles. The maximum Gasteiger partial charge on any atom is 0.253 e. The largest absolute Gasteiger partial charge is 0.497 e. The van der Waals surface area contributed by atoms with Crippen LogP contribution >= 0.6 is 0 Å². The van der Waals surface area contributed by atoms with Crippen LogP contribution in [0.2, 0.25) is 0 Å². The fraction of sp³-hybridized carbons (Fsp3) is 0.375. The van der Waals surface area contributed by atoms with Crippen molar-refractivity contribution in [1.82, 2.24) is 24.3 Å². The van der Waals surface area contributed by atoms with Crippen LogP contribution in [0.25, 0.3) is 11.0 Å². The highest BCUT2D eigenvalue weighted by Gasteiger charge is 2.26. The number of anilines is 1. The molecule has 0 bridgehead atoms. The number of benzene rings is 3. The maximum absolute atomic E-state index is 13.8. The van der Waals surface area contributed by atoms with E-state index in [9.17, 15) is 4.79 Å². The molecule has 0 radical (unpaired) electrons. The molecule has 0 spiro atoms. The van der Waals surface area contributed by atoms with Gasteiger partial charge in [0.1, 0.15) is 5.75 Å². The Kier molecular flexibility index (Phi) is 11.6. The van der Waals surface area contributed by atoms with E-state index in [1.807, 2.05) is 43.6 Å². The van der Waals surface area contributed by atoms with Gasteiger partial charge >= 0.3 is 0 Å². The average Bonchev–Trinajstić information content (AvgIpc) is 3.52. The number of fused-ring (bicyclic) bond motifs is 1. The number of likely N-dealkylation sites (tertiary alicyclic amines) is 1. The molecule has 3 heterocycles. The molecule has 1 saturated heterocycles. The molecular formula is C40H48N6O5. The molecule has 11 nitrogen and oxygen atoms in total. The topological polar surface area (TPSA) is 103 Å². The van der Waals surface area contributed by atoms with Crippen LogP contribution in [-0.4, -0.2) is 97.9 Å². The van der Waals surface area contributed by atoms with Crippen molar-refractivity contribution in [2.75, 3.05) is 67.0 Å². The number of nitrogens with one attached hydrogen (secondary N) is 1. The molecule has 1 atom stereocenters. The third-order valence-corrected chi connectivity index (χ3v) is 9.73. The van der Waals surface area contributed by atoms with Gasteiger partial charge in [0, 0.05) is 50.4 Å². The number of amides is 1. The molecule has 1 aliphatic heterocycles. The second-order valence-corrected chi connectivity index (χ2v) is 13.0. The Hall–Kier alpha value is -5.29. The van der Waals surface area contributed by atoms with Crippen LogP contribution in [0.15, 0.2) is 85.1 Å². The zero-order chi connectivity index (χ0) is 35.7. The molecule has 1 aliphatic rings. The van der Waals surface area contributed by atoms with Gasteiger partial charge in [-0.3, -0.25) is 9.78 Å². The van der Waals surface area contributed by atoms with Gasteiger partial charge in [-0.05, 0) is 79.9 Å². The Morgan fingerprint density at radius 1 is 0.902 bits per heavy atom. The number of para-hydroxylation sites is 2. The Bertz CT molecular complexity index is 1880. The van der Waals surface area contributed by atoms with Crippen molar-refractivity contribution in [2.45, 2.75) is 37.8 Å². The Balaban J connectivity index is 1.11. The number of aromatic nitrogens is 3. The summed E-state index contributed by atoms with van der Waals surface area (Å²) in [5, 5.41) is 3.77. The zero-order valence-corrected chi connectivity index (χ0v) is 30.2. The number of imidazole rings is 1. The standard InChI is InChI=1S/C40H48N6O5/c1-44(39(47)30-24-36(49-3)38(51-5)37(25-30)50-4)26-29(28-11-10-13-33(23-28)48-2)16-20-45-21-17-31(18-22-45)42-40-43-34-14-6-7-15-35(34)46(40)27-32-12-8-9-19-41-32/h6-15,19,23-25,29,31H,16-18,20-22,26-27H2,1-5H3,(H,42,43). The number of rotatable bonds is 15. The third kappa shape index (κ3) is 8.37. The molecule has 268 valence electrons. The molecule has 11 heteroatoms. The molecular weight excluding hydrogens is 644 g/mol. The summed E-state index contributed by atoms with van der Waals surface area (Å²) < 4.78 is 24.3. The summed E-state index contributed by atoms with van der Waals surface area (Å²) in [5.74, 6) is 3.01. The highest BCUT2D eigenvalue weighted by Crippen LogP contribution is 2.38. The smallest absolute Gasteiger partial charge is 0.253 e. The minimum absolute atomic E-state index is 0.0958. The quantitative estimate of drug-likeness (QED) is 0.135. The molecule has 2 aromatic heterocycles. The average molecular weight is 693 g/mol. The van der Waals surface area contributed by atoms with Crippen molar-refractivity contribution in [2.24, 2.45) is 0 Å². The van der Waals surface area contributed by atoms with Crippen LogP contribution < -0.4 is 24.3 Å². The molecule has 1 amide bonds. The van der Waals surface area contributed by atoms with Crippen LogP contribution in [-0.2, 0) is 6.54 Å². The van der Waals surface area contributed by atoms with Gasteiger partial charge in [-0.1, -0.05) is 30.3 Å². The number of ether oxygens (including phenoxy) is 4. The maximum atomic E-state index is 13.8. The van der Waals surface area contributed by atoms with Crippen LogP contribution in [0.1, 0.15) is 46.8 Å². The van der Waals surface area contributed by atoms with E-state index in [1.165, 1.54) is 0 Å². The second-order valence-electron chi connectivity index (χ2n) is 13.0. The fourth-order valence-electron chi connectivity index (χ4n) is 6.92. The van der Waals surface area contributed by atoms with Crippen LogP contribution in [0, 0.1) is 0 Å². The van der Waals surface area contributed by atoms with E-state index in [4.69, 9.17) is 23.9 Å². The van der Waals surface area contributed by atoms with Gasteiger partial charge < -0.3 is 38.6 Å². The molecule has 3 aromatic carbocycles. The number of hydrogen-bond donors (Lipinski definition) is 1. The Morgan fingerprint density at radius 2 is 1.65 bits per heavy atom.